The van der Waals surface area contributed by atoms with Gasteiger partial charge in [-0.25, -0.2) is 4.98 Å². The largest absolute Gasteiger partial charge is 0.508 e. The molecule has 5 nitrogen and oxygen atoms in total. The van der Waals surface area contributed by atoms with Crippen LogP contribution >= 0.6 is 11.3 Å². The van der Waals surface area contributed by atoms with E-state index in [1.165, 1.54) is 6.07 Å². The third kappa shape index (κ3) is 2.50. The van der Waals surface area contributed by atoms with Crippen molar-refractivity contribution in [2.45, 2.75) is 0 Å². The van der Waals surface area contributed by atoms with Crippen LogP contribution in [0.4, 0.5) is 5.13 Å². The van der Waals surface area contributed by atoms with E-state index in [1.54, 1.807) is 23.5 Å². The molecule has 1 aromatic heterocycles. The molecule has 1 fully saturated rings. The van der Waals surface area contributed by atoms with Gasteiger partial charge in [-0.3, -0.25) is 0 Å². The molecule has 0 radical (unpaired) electrons. The zero-order chi connectivity index (χ0) is 13.2. The van der Waals surface area contributed by atoms with E-state index in [1.807, 2.05) is 5.38 Å². The minimum Gasteiger partial charge on any atom is -0.508 e. The molecule has 2 aromatic rings. The number of hydrogen-bond donors (Lipinski definition) is 3. The Hall–Kier alpha value is -1.79. The van der Waals surface area contributed by atoms with Crippen molar-refractivity contribution in [3.8, 4) is 22.8 Å². The lowest BCUT2D eigenvalue weighted by Crippen LogP contribution is -2.43. The van der Waals surface area contributed by atoms with Crippen molar-refractivity contribution in [3.63, 3.8) is 0 Å². The minimum absolute atomic E-state index is 0.0529. The van der Waals surface area contributed by atoms with E-state index in [-0.39, 0.29) is 11.5 Å². The normalized spacial score (nSPS) is 15.7. The Kier molecular flexibility index (Phi) is 3.27. The predicted molar refractivity (Wildman–Crippen MR) is 76.0 cm³/mol. The Balaban J connectivity index is 1.87. The summed E-state index contributed by atoms with van der Waals surface area (Å²) >= 11 is 1.58. The molecule has 3 N–H and O–H groups in total. The van der Waals surface area contributed by atoms with Crippen LogP contribution in [0.2, 0.25) is 0 Å². The summed E-state index contributed by atoms with van der Waals surface area (Å²) in [6.07, 6.45) is 0. The first-order valence-corrected chi connectivity index (χ1v) is 7.05. The molecule has 1 aromatic carbocycles. The molecule has 0 saturated carbocycles. The van der Waals surface area contributed by atoms with Crippen LogP contribution in [0.5, 0.6) is 11.5 Å². The Bertz CT molecular complexity index is 579. The highest BCUT2D eigenvalue weighted by atomic mass is 32.1. The molecule has 0 amide bonds. The second-order valence-corrected chi connectivity index (χ2v) is 5.29. The molecule has 0 aliphatic carbocycles. The molecule has 0 bridgehead atoms. The van der Waals surface area contributed by atoms with Crippen LogP contribution in [0.15, 0.2) is 23.6 Å². The standard InChI is InChI=1S/C13H15N3O2S/c17-9-1-2-10(12(18)7-9)11-8-19-13(15-11)16-5-3-14-4-6-16/h1-2,7-8,14,17-18H,3-6H2. The smallest absolute Gasteiger partial charge is 0.185 e. The molecule has 0 spiro atoms. The molecule has 100 valence electrons. The fraction of sp³-hybridized carbons (Fsp3) is 0.308. The maximum Gasteiger partial charge on any atom is 0.185 e. The third-order valence-electron chi connectivity index (χ3n) is 3.14. The quantitative estimate of drug-likeness (QED) is 0.778. The van der Waals surface area contributed by atoms with E-state index in [2.05, 4.69) is 15.2 Å². The van der Waals surface area contributed by atoms with Crippen molar-refractivity contribution in [2.75, 3.05) is 31.1 Å². The van der Waals surface area contributed by atoms with Crippen molar-refractivity contribution in [1.29, 1.82) is 0 Å². The van der Waals surface area contributed by atoms with Crippen molar-refractivity contribution in [1.82, 2.24) is 10.3 Å². The summed E-state index contributed by atoms with van der Waals surface area (Å²) in [5.41, 5.74) is 1.39. The highest BCUT2D eigenvalue weighted by Gasteiger charge is 2.15. The van der Waals surface area contributed by atoms with Gasteiger partial charge in [0, 0.05) is 43.2 Å². The molecule has 0 atom stereocenters. The number of thiazole rings is 1. The Morgan fingerprint density at radius 2 is 2.00 bits per heavy atom. The van der Waals surface area contributed by atoms with Gasteiger partial charge in [0.05, 0.1) is 5.69 Å². The van der Waals surface area contributed by atoms with Gasteiger partial charge in [0.25, 0.3) is 0 Å². The Morgan fingerprint density at radius 1 is 1.21 bits per heavy atom. The highest BCUT2D eigenvalue weighted by Crippen LogP contribution is 2.34. The summed E-state index contributed by atoms with van der Waals surface area (Å²) in [6, 6.07) is 4.57. The van der Waals surface area contributed by atoms with Gasteiger partial charge >= 0.3 is 0 Å². The van der Waals surface area contributed by atoms with Crippen LogP contribution in [-0.2, 0) is 0 Å². The van der Waals surface area contributed by atoms with Gasteiger partial charge in [0.1, 0.15) is 11.5 Å². The van der Waals surface area contributed by atoms with E-state index < -0.39 is 0 Å². The van der Waals surface area contributed by atoms with Crippen molar-refractivity contribution in [3.05, 3.63) is 23.6 Å². The van der Waals surface area contributed by atoms with Crippen LogP contribution in [0.1, 0.15) is 0 Å². The van der Waals surface area contributed by atoms with Crippen LogP contribution < -0.4 is 10.2 Å². The molecule has 1 aliphatic heterocycles. The lowest BCUT2D eigenvalue weighted by atomic mass is 10.1. The predicted octanol–water partition coefficient (Wildman–Crippen LogP) is 1.63. The van der Waals surface area contributed by atoms with Crippen molar-refractivity contribution >= 4 is 16.5 Å². The van der Waals surface area contributed by atoms with Gasteiger partial charge in [0.15, 0.2) is 5.13 Å². The number of nitrogens with one attached hydrogen (secondary N) is 1. The van der Waals surface area contributed by atoms with E-state index in [0.29, 0.717) is 5.56 Å². The lowest BCUT2D eigenvalue weighted by molar-refractivity contribution is 0.452. The molecular weight excluding hydrogens is 262 g/mol. The number of rotatable bonds is 2. The zero-order valence-electron chi connectivity index (χ0n) is 10.3. The highest BCUT2D eigenvalue weighted by molar-refractivity contribution is 7.14. The second kappa shape index (κ2) is 5.07. The number of phenols is 2. The topological polar surface area (TPSA) is 68.6 Å². The monoisotopic (exact) mass is 277 g/mol. The van der Waals surface area contributed by atoms with Gasteiger partial charge in [-0.05, 0) is 12.1 Å². The molecule has 6 heteroatoms. The van der Waals surface area contributed by atoms with Crippen molar-refractivity contribution in [2.24, 2.45) is 0 Å². The van der Waals surface area contributed by atoms with Crippen molar-refractivity contribution < 1.29 is 10.2 Å². The number of hydrogen-bond acceptors (Lipinski definition) is 6. The Morgan fingerprint density at radius 3 is 2.74 bits per heavy atom. The number of aromatic nitrogens is 1. The summed E-state index contributed by atoms with van der Waals surface area (Å²) in [4.78, 5) is 6.81. The molecule has 3 rings (SSSR count). The summed E-state index contributed by atoms with van der Waals surface area (Å²) in [5, 5.41) is 25.4. The SMILES string of the molecule is Oc1ccc(-c2csc(N3CCNCC3)n2)c(O)c1. The average molecular weight is 277 g/mol. The number of nitrogens with zero attached hydrogens (tertiary/aromatic N) is 2. The summed E-state index contributed by atoms with van der Waals surface area (Å²) in [5.74, 6) is 0.107. The second-order valence-electron chi connectivity index (χ2n) is 4.45. The summed E-state index contributed by atoms with van der Waals surface area (Å²) in [6.45, 7) is 3.85. The fourth-order valence-electron chi connectivity index (χ4n) is 2.13. The third-order valence-corrected chi connectivity index (χ3v) is 4.04. The molecule has 19 heavy (non-hydrogen) atoms. The number of phenolic OH excluding ortho intramolecular Hbond substituents is 2. The maximum absolute atomic E-state index is 9.85. The van der Waals surface area contributed by atoms with Gasteiger partial charge in [0.2, 0.25) is 0 Å². The van der Waals surface area contributed by atoms with Crippen LogP contribution in [-0.4, -0.2) is 41.4 Å². The molecule has 0 unspecified atom stereocenters. The van der Waals surface area contributed by atoms with Crippen LogP contribution in [0, 0.1) is 0 Å². The molecule has 2 heterocycles. The first-order valence-electron chi connectivity index (χ1n) is 6.17. The van der Waals surface area contributed by atoms with Crippen LogP contribution in [0.3, 0.4) is 0 Å². The maximum atomic E-state index is 9.85. The molecular formula is C13H15N3O2S. The average Bonchev–Trinajstić information content (AvgIpc) is 2.89. The Labute approximate surface area is 115 Å². The number of piperazine rings is 1. The van der Waals surface area contributed by atoms with E-state index in [9.17, 15) is 10.2 Å². The lowest BCUT2D eigenvalue weighted by Gasteiger charge is -2.26. The van der Waals surface area contributed by atoms with E-state index >= 15 is 0 Å². The van der Waals surface area contributed by atoms with Crippen LogP contribution in [0.25, 0.3) is 11.3 Å². The fourth-order valence-corrected chi connectivity index (χ4v) is 3.01. The molecule has 1 saturated heterocycles. The number of aromatic hydroxyl groups is 2. The number of benzene rings is 1. The van der Waals surface area contributed by atoms with Gasteiger partial charge < -0.3 is 20.4 Å². The first-order chi connectivity index (χ1) is 9.24. The van der Waals surface area contributed by atoms with Gasteiger partial charge in [-0.15, -0.1) is 11.3 Å². The zero-order valence-corrected chi connectivity index (χ0v) is 11.2. The summed E-state index contributed by atoms with van der Waals surface area (Å²) in [7, 11) is 0. The first kappa shape index (κ1) is 12.3. The summed E-state index contributed by atoms with van der Waals surface area (Å²) < 4.78 is 0. The van der Waals surface area contributed by atoms with Gasteiger partial charge in [-0.2, -0.15) is 0 Å². The van der Waals surface area contributed by atoms with E-state index in [0.717, 1.165) is 37.0 Å². The number of anilines is 1. The minimum atomic E-state index is 0.0529. The van der Waals surface area contributed by atoms with Gasteiger partial charge in [-0.1, -0.05) is 0 Å². The van der Waals surface area contributed by atoms with E-state index in [4.69, 9.17) is 0 Å². The molecule has 1 aliphatic rings.